The highest BCUT2D eigenvalue weighted by Gasteiger charge is 2.50. The molecule has 0 aromatic heterocycles. The van der Waals surface area contributed by atoms with Gasteiger partial charge in [-0.05, 0) is 80.6 Å². The number of aliphatic hydroxyl groups is 1. The second kappa shape index (κ2) is 18.6. The molecule has 2 aromatic carbocycles. The highest BCUT2D eigenvalue weighted by molar-refractivity contribution is 6.99. The lowest BCUT2D eigenvalue weighted by atomic mass is 9.97. The Hall–Kier alpha value is -2.29. The molecule has 0 bridgehead atoms. The van der Waals surface area contributed by atoms with E-state index in [0.29, 0.717) is 32.5 Å². The third-order valence-electron chi connectivity index (χ3n) is 7.85. The molecule has 246 valence electrons. The van der Waals surface area contributed by atoms with Gasteiger partial charge in [0.05, 0.1) is 24.2 Å². The van der Waals surface area contributed by atoms with Gasteiger partial charge in [0, 0.05) is 13.7 Å². The predicted molar refractivity (Wildman–Crippen MR) is 183 cm³/mol. The molecule has 0 aliphatic rings. The lowest BCUT2D eigenvalue weighted by molar-refractivity contribution is -0.153. The molecule has 0 saturated carbocycles. The van der Waals surface area contributed by atoms with Crippen molar-refractivity contribution in [2.45, 2.75) is 104 Å². The summed E-state index contributed by atoms with van der Waals surface area (Å²) < 4.78 is 23.8. The van der Waals surface area contributed by atoms with Crippen molar-refractivity contribution in [3.63, 3.8) is 0 Å². The van der Waals surface area contributed by atoms with E-state index in [0.717, 1.165) is 19.3 Å². The first-order valence-electron chi connectivity index (χ1n) is 16.2. The number of hydrogen-bond donors (Lipinski definition) is 1. The van der Waals surface area contributed by atoms with E-state index in [1.165, 1.54) is 10.4 Å². The molecule has 6 nitrogen and oxygen atoms in total. The molecular weight excluding hydrogens is 568 g/mol. The molecule has 2 rings (SSSR count). The normalized spacial score (nSPS) is 14.8. The van der Waals surface area contributed by atoms with Crippen molar-refractivity contribution in [2.24, 2.45) is 11.3 Å². The number of carbonyl (C=O) groups is 1. The molecule has 44 heavy (non-hydrogen) atoms. The summed E-state index contributed by atoms with van der Waals surface area (Å²) in [5, 5.41) is 12.8. The van der Waals surface area contributed by atoms with Gasteiger partial charge < -0.3 is 23.7 Å². The number of benzene rings is 2. The largest absolute Gasteiger partial charge is 0.465 e. The van der Waals surface area contributed by atoms with E-state index in [-0.39, 0.29) is 29.8 Å². The van der Waals surface area contributed by atoms with Gasteiger partial charge in [0.25, 0.3) is 8.32 Å². The second-order valence-electron chi connectivity index (χ2n) is 14.0. The second-order valence-corrected chi connectivity index (χ2v) is 18.3. The fourth-order valence-electron chi connectivity index (χ4n) is 5.45. The lowest BCUT2D eigenvalue weighted by Gasteiger charge is -2.43. The van der Waals surface area contributed by atoms with Crippen LogP contribution in [0.25, 0.3) is 0 Å². The van der Waals surface area contributed by atoms with Crippen LogP contribution in [0.3, 0.4) is 0 Å². The quantitative estimate of drug-likeness (QED) is 0.0593. The molecule has 0 aliphatic heterocycles. The van der Waals surface area contributed by atoms with Gasteiger partial charge >= 0.3 is 5.97 Å². The zero-order chi connectivity index (χ0) is 32.6. The number of aliphatic hydroxyl groups excluding tert-OH is 1. The maximum Gasteiger partial charge on any atom is 0.311 e. The minimum absolute atomic E-state index is 0.0415. The fourth-order valence-corrected chi connectivity index (χ4v) is 10.1. The van der Waals surface area contributed by atoms with Crippen LogP contribution in [-0.2, 0) is 23.4 Å². The first-order chi connectivity index (χ1) is 20.8. The lowest BCUT2D eigenvalue weighted by Crippen LogP contribution is -2.66. The van der Waals surface area contributed by atoms with Gasteiger partial charge in [0.15, 0.2) is 0 Å². The third-order valence-corrected chi connectivity index (χ3v) is 12.9. The van der Waals surface area contributed by atoms with Gasteiger partial charge in [-0.2, -0.15) is 0 Å². The van der Waals surface area contributed by atoms with Crippen LogP contribution in [0.1, 0.15) is 87.0 Å². The molecule has 0 saturated heterocycles. The van der Waals surface area contributed by atoms with Crippen molar-refractivity contribution in [3.05, 3.63) is 72.8 Å². The molecule has 0 heterocycles. The number of rotatable bonds is 19. The summed E-state index contributed by atoms with van der Waals surface area (Å²) in [5.41, 5.74) is -0.500. The molecule has 0 radical (unpaired) electrons. The zero-order valence-electron chi connectivity index (χ0n) is 28.5. The predicted octanol–water partition coefficient (Wildman–Crippen LogP) is 7.04. The van der Waals surface area contributed by atoms with E-state index in [1.54, 1.807) is 7.11 Å². The Balaban J connectivity index is 1.94. The first kappa shape index (κ1) is 37.9. The summed E-state index contributed by atoms with van der Waals surface area (Å²) in [6.45, 7) is 15.9. The molecule has 1 N–H and O–H groups in total. The van der Waals surface area contributed by atoms with Gasteiger partial charge in [0.2, 0.25) is 0 Å². The van der Waals surface area contributed by atoms with Crippen molar-refractivity contribution < 1.29 is 28.5 Å². The first-order valence-corrected chi connectivity index (χ1v) is 18.1. The van der Waals surface area contributed by atoms with E-state index in [2.05, 4.69) is 94.4 Å². The number of esters is 1. The molecule has 3 atom stereocenters. The molecular formula is C37H58O6Si. The van der Waals surface area contributed by atoms with E-state index >= 15 is 0 Å². The summed E-state index contributed by atoms with van der Waals surface area (Å²) in [4.78, 5) is 11.9. The van der Waals surface area contributed by atoms with Crippen LogP contribution in [-0.4, -0.2) is 58.7 Å². The Morgan fingerprint density at radius 2 is 1.50 bits per heavy atom. The van der Waals surface area contributed by atoms with Crippen molar-refractivity contribution >= 4 is 24.7 Å². The van der Waals surface area contributed by atoms with Gasteiger partial charge in [-0.1, -0.05) is 101 Å². The Morgan fingerprint density at radius 1 is 0.909 bits per heavy atom. The number of methoxy groups -OCH3 is 1. The Kier molecular flexibility index (Phi) is 16.0. The minimum Gasteiger partial charge on any atom is -0.465 e. The fraction of sp³-hybridized carbons (Fsp3) is 0.595. The van der Waals surface area contributed by atoms with E-state index in [1.807, 2.05) is 26.8 Å². The summed E-state index contributed by atoms with van der Waals surface area (Å²) in [6.07, 6.45) is 8.17. The van der Waals surface area contributed by atoms with Crippen molar-refractivity contribution in [2.75, 3.05) is 27.1 Å². The van der Waals surface area contributed by atoms with Crippen molar-refractivity contribution in [1.82, 2.24) is 0 Å². The van der Waals surface area contributed by atoms with Crippen LogP contribution < -0.4 is 10.4 Å². The molecule has 0 unspecified atom stereocenters. The minimum atomic E-state index is -2.59. The van der Waals surface area contributed by atoms with Crippen LogP contribution in [0.2, 0.25) is 5.04 Å². The molecule has 0 spiro atoms. The maximum absolute atomic E-state index is 11.9. The summed E-state index contributed by atoms with van der Waals surface area (Å²) >= 11 is 0. The maximum atomic E-state index is 11.9. The molecule has 0 fully saturated rings. The summed E-state index contributed by atoms with van der Waals surface area (Å²) in [5.74, 6) is 0.0812. The third kappa shape index (κ3) is 12.2. The van der Waals surface area contributed by atoms with E-state index in [9.17, 15) is 9.90 Å². The molecule has 2 aromatic rings. The number of ether oxygens (including phenoxy) is 3. The van der Waals surface area contributed by atoms with Crippen LogP contribution in [0.5, 0.6) is 0 Å². The van der Waals surface area contributed by atoms with Gasteiger partial charge in [-0.15, -0.1) is 0 Å². The number of allylic oxidation sites excluding steroid dienone is 1. The van der Waals surface area contributed by atoms with Gasteiger partial charge in [-0.3, -0.25) is 4.79 Å². The highest BCUT2D eigenvalue weighted by atomic mass is 28.4. The number of hydrogen-bond acceptors (Lipinski definition) is 6. The van der Waals surface area contributed by atoms with Crippen LogP contribution in [0, 0.1) is 11.3 Å². The highest BCUT2D eigenvalue weighted by Crippen LogP contribution is 2.37. The molecule has 0 aliphatic carbocycles. The monoisotopic (exact) mass is 626 g/mol. The SMILES string of the molecule is COCO[C@H](CC/C=C/C[C@H](O)CCCOC(=O)C(C)(C)C)C[C@@H](C)CO[Si](c1ccccc1)(c1ccccc1)C(C)(C)C. The van der Waals surface area contributed by atoms with Crippen molar-refractivity contribution in [3.8, 4) is 0 Å². The summed E-state index contributed by atoms with van der Waals surface area (Å²) in [6, 6.07) is 21.5. The molecule has 0 amide bonds. The summed E-state index contributed by atoms with van der Waals surface area (Å²) in [7, 11) is -0.936. The zero-order valence-corrected chi connectivity index (χ0v) is 29.5. The molecule has 7 heteroatoms. The number of carbonyl (C=O) groups excluding carboxylic acids is 1. The smallest absolute Gasteiger partial charge is 0.311 e. The van der Waals surface area contributed by atoms with Crippen LogP contribution in [0.15, 0.2) is 72.8 Å². The van der Waals surface area contributed by atoms with E-state index in [4.69, 9.17) is 18.6 Å². The van der Waals surface area contributed by atoms with E-state index < -0.39 is 19.8 Å². The standard InChI is InChI=1S/C37H58O6Si/c1-30(28-43-44(37(5,6)7,33-22-14-10-15-23-33)34-24-16-11-17-25-34)27-32(42-29-40-8)21-13-9-12-19-31(38)20-18-26-41-35(39)36(2,3)4/h9-12,14-17,22-25,30-32,38H,13,18-21,26-29H2,1-8H3/b12-9+/t30-,31+,32-/m1/s1. The van der Waals surface area contributed by atoms with Crippen LogP contribution >= 0.6 is 0 Å². The average molecular weight is 627 g/mol. The Bertz CT molecular complexity index is 1050. The van der Waals surface area contributed by atoms with Gasteiger partial charge in [-0.25, -0.2) is 0 Å². The van der Waals surface area contributed by atoms with Crippen LogP contribution in [0.4, 0.5) is 0 Å². The topological polar surface area (TPSA) is 74.2 Å². The van der Waals surface area contributed by atoms with Gasteiger partial charge in [0.1, 0.15) is 6.79 Å². The average Bonchev–Trinajstić information content (AvgIpc) is 2.97. The van der Waals surface area contributed by atoms with Crippen molar-refractivity contribution in [1.29, 1.82) is 0 Å². The Labute approximate surface area is 268 Å². The Morgan fingerprint density at radius 3 is 2.02 bits per heavy atom.